The second-order valence-electron chi connectivity index (χ2n) is 15.3. The van der Waals surface area contributed by atoms with Gasteiger partial charge in [0.25, 0.3) is 0 Å². The van der Waals surface area contributed by atoms with E-state index in [2.05, 4.69) is 10.6 Å². The van der Waals surface area contributed by atoms with Crippen LogP contribution in [0.3, 0.4) is 0 Å². The van der Waals surface area contributed by atoms with Gasteiger partial charge in [-0.15, -0.1) is 0 Å². The number of piperazine rings is 1. The molecule has 52 heavy (non-hydrogen) atoms. The lowest BCUT2D eigenvalue weighted by Crippen LogP contribution is -2.66. The molecule has 11 nitrogen and oxygen atoms in total. The van der Waals surface area contributed by atoms with Crippen LogP contribution in [0.15, 0.2) is 66.7 Å². The number of hydrogen-bond donors (Lipinski definition) is 2. The number of halogens is 1. The molecule has 12 heteroatoms. The topological polar surface area (TPSA) is 134 Å². The number of alkyl carbamates (subject to hydrolysis) is 1. The molecular formula is C40H49FN4O7. The van der Waals surface area contributed by atoms with E-state index in [1.54, 1.807) is 20.8 Å². The number of ether oxygens (including phenoxy) is 2. The third-order valence-corrected chi connectivity index (χ3v) is 9.49. The maximum atomic E-state index is 14.5. The van der Waals surface area contributed by atoms with Gasteiger partial charge in [-0.05, 0) is 81.0 Å². The van der Waals surface area contributed by atoms with Gasteiger partial charge in [0.05, 0.1) is 7.11 Å². The van der Waals surface area contributed by atoms with Gasteiger partial charge in [-0.25, -0.2) is 14.0 Å². The summed E-state index contributed by atoms with van der Waals surface area (Å²) in [4.78, 5) is 71.6. The summed E-state index contributed by atoms with van der Waals surface area (Å²) in [6, 6.07) is 16.5. The Labute approximate surface area is 304 Å². The first kappa shape index (κ1) is 38.2. The zero-order valence-corrected chi connectivity index (χ0v) is 30.7. The Bertz CT molecular complexity index is 1800. The predicted octanol–water partition coefficient (Wildman–Crippen LogP) is 4.93. The molecule has 0 spiro atoms. The van der Waals surface area contributed by atoms with E-state index in [1.165, 1.54) is 55.0 Å². The molecule has 1 aliphatic heterocycles. The van der Waals surface area contributed by atoms with E-state index in [4.69, 9.17) is 9.47 Å². The number of benzene rings is 3. The highest BCUT2D eigenvalue weighted by molar-refractivity contribution is 5.97. The fourth-order valence-corrected chi connectivity index (χ4v) is 6.53. The van der Waals surface area contributed by atoms with Crippen molar-refractivity contribution >= 4 is 40.6 Å². The molecule has 0 bridgehead atoms. The Hall–Kier alpha value is -5.00. The fraction of sp³-hybridized carbons (Fsp3) is 0.475. The van der Waals surface area contributed by atoms with Crippen molar-refractivity contribution in [2.75, 3.05) is 20.2 Å². The van der Waals surface area contributed by atoms with Crippen LogP contribution in [0.1, 0.15) is 65.0 Å². The average Bonchev–Trinajstić information content (AvgIpc) is 3.91. The van der Waals surface area contributed by atoms with Crippen LogP contribution in [-0.2, 0) is 41.5 Å². The number of carbonyl (C=O) groups is 5. The number of carbonyl (C=O) groups excluding carboxylic acids is 5. The number of nitrogens with zero attached hydrogens (tertiary/aromatic N) is 2. The molecule has 2 N–H and O–H groups in total. The van der Waals surface area contributed by atoms with Gasteiger partial charge < -0.3 is 29.9 Å². The molecule has 0 radical (unpaired) electrons. The molecule has 2 fully saturated rings. The van der Waals surface area contributed by atoms with Gasteiger partial charge in [0.2, 0.25) is 17.7 Å². The number of fused-ring (bicyclic) bond motifs is 1. The highest BCUT2D eigenvalue weighted by Crippen LogP contribution is 2.36. The van der Waals surface area contributed by atoms with E-state index in [-0.39, 0.29) is 37.8 Å². The molecule has 3 unspecified atom stereocenters. The van der Waals surface area contributed by atoms with E-state index in [0.29, 0.717) is 12.0 Å². The van der Waals surface area contributed by atoms with Crippen LogP contribution in [-0.4, -0.2) is 89.0 Å². The molecule has 1 heterocycles. The first-order valence-electron chi connectivity index (χ1n) is 17.8. The molecular weight excluding hydrogens is 667 g/mol. The summed E-state index contributed by atoms with van der Waals surface area (Å²) in [6.07, 6.45) is 1.69. The highest BCUT2D eigenvalue weighted by atomic mass is 19.1. The second-order valence-corrected chi connectivity index (χ2v) is 15.3. The van der Waals surface area contributed by atoms with Crippen molar-refractivity contribution in [2.45, 2.75) is 96.0 Å². The minimum atomic E-state index is -1.48. The van der Waals surface area contributed by atoms with E-state index in [1.807, 2.05) is 42.5 Å². The maximum Gasteiger partial charge on any atom is 0.408 e. The van der Waals surface area contributed by atoms with E-state index >= 15 is 0 Å². The average molecular weight is 717 g/mol. The first-order valence-corrected chi connectivity index (χ1v) is 17.8. The molecule has 1 aliphatic carbocycles. The summed E-state index contributed by atoms with van der Waals surface area (Å²) in [5.74, 6) is -2.26. The summed E-state index contributed by atoms with van der Waals surface area (Å²) in [5, 5.41) is 7.44. The molecule has 3 aromatic carbocycles. The SMILES string of the molecule is COC(=O)C(Cc1ccc2ccccc2c1)N1CCN(C(=O)C(Cc2ccc(F)cc2)NC(=O)C(C)(C)NC(=O)OC(C)(C)C)C(CC2CC2)C1=O. The minimum Gasteiger partial charge on any atom is -0.467 e. The van der Waals surface area contributed by atoms with Gasteiger partial charge in [0.1, 0.15) is 35.1 Å². The van der Waals surface area contributed by atoms with Crippen molar-refractivity contribution in [1.29, 1.82) is 0 Å². The van der Waals surface area contributed by atoms with Crippen LogP contribution >= 0.6 is 0 Å². The van der Waals surface area contributed by atoms with Crippen LogP contribution in [0.5, 0.6) is 0 Å². The molecule has 278 valence electrons. The second kappa shape index (κ2) is 15.7. The molecule has 2 aliphatic rings. The first-order chi connectivity index (χ1) is 24.5. The van der Waals surface area contributed by atoms with E-state index < -0.39 is 59.0 Å². The number of nitrogens with one attached hydrogen (secondary N) is 2. The van der Waals surface area contributed by atoms with Crippen LogP contribution in [0, 0.1) is 11.7 Å². The summed E-state index contributed by atoms with van der Waals surface area (Å²) in [6.45, 7) is 8.27. The largest absolute Gasteiger partial charge is 0.467 e. The Kier molecular flexibility index (Phi) is 11.6. The van der Waals surface area contributed by atoms with Gasteiger partial charge in [0, 0.05) is 25.9 Å². The number of amides is 4. The molecule has 0 aromatic heterocycles. The highest BCUT2D eigenvalue weighted by Gasteiger charge is 2.46. The smallest absolute Gasteiger partial charge is 0.408 e. The van der Waals surface area contributed by atoms with Crippen molar-refractivity contribution in [3.05, 3.63) is 83.7 Å². The Balaban J connectivity index is 1.40. The van der Waals surface area contributed by atoms with Crippen LogP contribution in [0.2, 0.25) is 0 Å². The predicted molar refractivity (Wildman–Crippen MR) is 193 cm³/mol. The summed E-state index contributed by atoms with van der Waals surface area (Å²) < 4.78 is 24.4. The maximum absolute atomic E-state index is 14.5. The molecule has 3 atom stereocenters. The van der Waals surface area contributed by atoms with E-state index in [0.717, 1.165) is 29.2 Å². The molecule has 5 rings (SSSR count). The lowest BCUT2D eigenvalue weighted by molar-refractivity contribution is -0.162. The zero-order valence-electron chi connectivity index (χ0n) is 30.7. The normalized spacial score (nSPS) is 17.7. The van der Waals surface area contributed by atoms with Gasteiger partial charge in [-0.2, -0.15) is 0 Å². The number of esters is 1. The van der Waals surface area contributed by atoms with Crippen molar-refractivity contribution < 1.29 is 37.8 Å². The third kappa shape index (κ3) is 9.65. The van der Waals surface area contributed by atoms with Crippen LogP contribution < -0.4 is 10.6 Å². The number of rotatable bonds is 12. The Morgan fingerprint density at radius 2 is 1.54 bits per heavy atom. The van der Waals surface area contributed by atoms with Gasteiger partial charge >= 0.3 is 12.1 Å². The molecule has 4 amide bonds. The van der Waals surface area contributed by atoms with E-state index in [9.17, 15) is 28.4 Å². The lowest BCUT2D eigenvalue weighted by atomic mass is 9.96. The minimum absolute atomic E-state index is 0.00464. The lowest BCUT2D eigenvalue weighted by Gasteiger charge is -2.44. The summed E-state index contributed by atoms with van der Waals surface area (Å²) >= 11 is 0. The Morgan fingerprint density at radius 3 is 2.17 bits per heavy atom. The van der Waals surface area contributed by atoms with Crippen molar-refractivity contribution in [3.8, 4) is 0 Å². The molecule has 3 aromatic rings. The molecule has 1 saturated heterocycles. The van der Waals surface area contributed by atoms with Crippen molar-refractivity contribution in [2.24, 2.45) is 5.92 Å². The van der Waals surface area contributed by atoms with Crippen molar-refractivity contribution in [1.82, 2.24) is 20.4 Å². The van der Waals surface area contributed by atoms with Crippen LogP contribution in [0.25, 0.3) is 10.8 Å². The van der Waals surface area contributed by atoms with Gasteiger partial charge in [0.15, 0.2) is 0 Å². The summed E-state index contributed by atoms with van der Waals surface area (Å²) in [5.41, 5.74) is -0.834. The number of methoxy groups -OCH3 is 1. The zero-order chi connectivity index (χ0) is 37.8. The van der Waals surface area contributed by atoms with Gasteiger partial charge in [-0.3, -0.25) is 14.4 Å². The van der Waals surface area contributed by atoms with Crippen molar-refractivity contribution in [3.63, 3.8) is 0 Å². The monoisotopic (exact) mass is 716 g/mol. The quantitative estimate of drug-likeness (QED) is 0.254. The van der Waals surface area contributed by atoms with Crippen LogP contribution in [0.4, 0.5) is 9.18 Å². The van der Waals surface area contributed by atoms with Gasteiger partial charge in [-0.1, -0.05) is 67.4 Å². The Morgan fingerprint density at radius 1 is 0.885 bits per heavy atom. The number of hydrogen-bond acceptors (Lipinski definition) is 7. The standard InChI is InChI=1S/C40H49FN4O7/c1-39(2,3)52-38(50)43-40(4,5)37(49)42-31(22-25-14-17-30(41)18-15-25)34(46)44-19-20-45(35(47)32(44)23-26-11-12-26)33(36(48)51-6)24-27-13-16-28-9-7-8-10-29(28)21-27/h7-10,13-18,21,26,31-33H,11-12,19-20,22-24H2,1-6H3,(H,42,49)(H,43,50). The third-order valence-electron chi connectivity index (χ3n) is 9.49. The molecule has 1 saturated carbocycles. The fourth-order valence-electron chi connectivity index (χ4n) is 6.53. The summed E-state index contributed by atoms with van der Waals surface area (Å²) in [7, 11) is 1.30.